The minimum Gasteiger partial charge on any atom is -0.435 e. The summed E-state index contributed by atoms with van der Waals surface area (Å²) < 4.78 is 42.5. The molecule has 2 aromatic carbocycles. The molecule has 0 aromatic heterocycles. The number of amides is 1. The largest absolute Gasteiger partial charge is 0.435 e. The maximum absolute atomic E-state index is 13.7. The van der Waals surface area contributed by atoms with Gasteiger partial charge in [-0.2, -0.15) is 8.78 Å². The van der Waals surface area contributed by atoms with E-state index >= 15 is 0 Å². The fourth-order valence-electron chi connectivity index (χ4n) is 1.99. The van der Waals surface area contributed by atoms with E-state index in [2.05, 4.69) is 10.1 Å². The molecule has 0 fully saturated rings. The number of carbonyl (C=O) groups is 1. The molecule has 2 rings (SSSR count). The lowest BCUT2D eigenvalue weighted by molar-refractivity contribution is -0.0499. The van der Waals surface area contributed by atoms with Crippen LogP contribution in [0, 0.1) is 5.82 Å². The molecule has 0 aliphatic rings. The predicted molar refractivity (Wildman–Crippen MR) is 80.4 cm³/mol. The van der Waals surface area contributed by atoms with Gasteiger partial charge in [-0.25, -0.2) is 4.39 Å². The topological polar surface area (TPSA) is 38.3 Å². The monoisotopic (exact) mass is 343 g/mol. The Hall–Kier alpha value is -2.21. The van der Waals surface area contributed by atoms with Crippen LogP contribution in [0.5, 0.6) is 5.75 Å². The van der Waals surface area contributed by atoms with Crippen molar-refractivity contribution in [3.8, 4) is 5.75 Å². The molecule has 7 heteroatoms. The molecule has 2 aromatic rings. The van der Waals surface area contributed by atoms with Crippen LogP contribution in [0.25, 0.3) is 0 Å². The first-order valence-electron chi connectivity index (χ1n) is 6.67. The lowest BCUT2D eigenvalue weighted by atomic mass is 10.1. The van der Waals surface area contributed by atoms with Gasteiger partial charge < -0.3 is 10.1 Å². The maximum atomic E-state index is 13.7. The molecule has 0 unspecified atom stereocenters. The Morgan fingerprint density at radius 2 is 1.96 bits per heavy atom. The highest BCUT2D eigenvalue weighted by atomic mass is 35.5. The summed E-state index contributed by atoms with van der Waals surface area (Å²) in [5.74, 6) is -1.39. The van der Waals surface area contributed by atoms with Gasteiger partial charge in [-0.1, -0.05) is 23.7 Å². The van der Waals surface area contributed by atoms with Crippen molar-refractivity contribution in [3.63, 3.8) is 0 Å². The molecule has 0 heterocycles. The van der Waals surface area contributed by atoms with E-state index in [9.17, 15) is 18.0 Å². The van der Waals surface area contributed by atoms with Gasteiger partial charge in [0.1, 0.15) is 11.6 Å². The number of halogens is 4. The molecule has 0 aliphatic carbocycles. The minimum absolute atomic E-state index is 0.0173. The van der Waals surface area contributed by atoms with Gasteiger partial charge in [0.25, 0.3) is 5.91 Å². The summed E-state index contributed by atoms with van der Waals surface area (Å²) in [6.07, 6.45) is 0. The van der Waals surface area contributed by atoms with Crippen LogP contribution in [0.3, 0.4) is 0 Å². The van der Waals surface area contributed by atoms with Gasteiger partial charge in [0.05, 0.1) is 11.6 Å². The average Bonchev–Trinajstić information content (AvgIpc) is 2.46. The summed E-state index contributed by atoms with van der Waals surface area (Å²) in [6, 6.07) is 9.12. The second-order valence-corrected chi connectivity index (χ2v) is 5.21. The molecule has 23 heavy (non-hydrogen) atoms. The van der Waals surface area contributed by atoms with Crippen molar-refractivity contribution in [1.29, 1.82) is 0 Å². The molecule has 0 radical (unpaired) electrons. The van der Waals surface area contributed by atoms with Crippen molar-refractivity contribution in [2.24, 2.45) is 0 Å². The SMILES string of the molecule is C[C@H](NC(=O)c1ccc(Cl)cc1F)c1cccc(OC(F)F)c1. The lowest BCUT2D eigenvalue weighted by Gasteiger charge is -2.16. The Balaban J connectivity index is 2.12. The van der Waals surface area contributed by atoms with Crippen molar-refractivity contribution < 1.29 is 22.7 Å². The molecule has 0 saturated heterocycles. The summed E-state index contributed by atoms with van der Waals surface area (Å²) in [7, 11) is 0. The fourth-order valence-corrected chi connectivity index (χ4v) is 2.15. The highest BCUT2D eigenvalue weighted by Gasteiger charge is 2.16. The predicted octanol–water partition coefficient (Wildman–Crippen LogP) is 4.57. The third-order valence-corrected chi connectivity index (χ3v) is 3.34. The number of alkyl halides is 2. The van der Waals surface area contributed by atoms with Gasteiger partial charge in [-0.05, 0) is 42.8 Å². The highest BCUT2D eigenvalue weighted by molar-refractivity contribution is 6.30. The Kier molecular flexibility index (Phi) is 5.50. The standard InChI is InChI=1S/C16H13ClF3NO2/c1-9(10-3-2-4-12(7-10)23-16(19)20)21-15(22)13-6-5-11(17)8-14(13)18/h2-9,16H,1H3,(H,21,22)/t9-/m0/s1. The van der Waals surface area contributed by atoms with Crippen LogP contribution in [0.1, 0.15) is 28.9 Å². The number of hydrogen-bond acceptors (Lipinski definition) is 2. The molecule has 0 spiro atoms. The first-order valence-corrected chi connectivity index (χ1v) is 7.05. The van der Waals surface area contributed by atoms with Crippen molar-refractivity contribution in [1.82, 2.24) is 5.32 Å². The van der Waals surface area contributed by atoms with E-state index in [1.165, 1.54) is 30.3 Å². The maximum Gasteiger partial charge on any atom is 0.387 e. The average molecular weight is 344 g/mol. The molecule has 3 nitrogen and oxygen atoms in total. The summed E-state index contributed by atoms with van der Waals surface area (Å²) in [5.41, 5.74) is 0.395. The Morgan fingerprint density at radius 3 is 2.61 bits per heavy atom. The third kappa shape index (κ3) is 4.63. The highest BCUT2D eigenvalue weighted by Crippen LogP contribution is 2.21. The minimum atomic E-state index is -2.93. The Labute approximate surface area is 136 Å². The van der Waals surface area contributed by atoms with E-state index in [1.807, 2.05) is 0 Å². The van der Waals surface area contributed by atoms with Crippen LogP contribution >= 0.6 is 11.6 Å². The summed E-state index contributed by atoms with van der Waals surface area (Å²) >= 11 is 5.64. The second kappa shape index (κ2) is 7.37. The Bertz CT molecular complexity index is 709. The van der Waals surface area contributed by atoms with Crippen molar-refractivity contribution >= 4 is 17.5 Å². The first-order chi connectivity index (χ1) is 10.9. The van der Waals surface area contributed by atoms with E-state index in [0.29, 0.717) is 5.56 Å². The number of ether oxygens (including phenoxy) is 1. The zero-order valence-corrected chi connectivity index (χ0v) is 12.8. The van der Waals surface area contributed by atoms with Gasteiger partial charge in [0.2, 0.25) is 0 Å². The molecule has 0 aliphatic heterocycles. The molecule has 1 N–H and O–H groups in total. The van der Waals surface area contributed by atoms with Crippen LogP contribution in [0.4, 0.5) is 13.2 Å². The van der Waals surface area contributed by atoms with Crippen molar-refractivity contribution in [3.05, 3.63) is 64.4 Å². The van der Waals surface area contributed by atoms with Gasteiger partial charge >= 0.3 is 6.61 Å². The zero-order chi connectivity index (χ0) is 17.0. The molecule has 1 atom stereocenters. The number of hydrogen-bond donors (Lipinski definition) is 1. The molecule has 0 saturated carbocycles. The third-order valence-electron chi connectivity index (χ3n) is 3.11. The molecule has 1 amide bonds. The smallest absolute Gasteiger partial charge is 0.387 e. The number of rotatable bonds is 5. The van der Waals surface area contributed by atoms with E-state index in [4.69, 9.17) is 11.6 Å². The number of benzene rings is 2. The zero-order valence-electron chi connectivity index (χ0n) is 12.0. The first kappa shape index (κ1) is 17.1. The number of nitrogens with one attached hydrogen (secondary N) is 1. The van der Waals surface area contributed by atoms with Crippen molar-refractivity contribution in [2.45, 2.75) is 19.6 Å². The second-order valence-electron chi connectivity index (χ2n) is 4.77. The van der Waals surface area contributed by atoms with Gasteiger partial charge in [0.15, 0.2) is 0 Å². The van der Waals surface area contributed by atoms with E-state index in [0.717, 1.165) is 6.07 Å². The normalized spacial score (nSPS) is 12.1. The fraction of sp³-hybridized carbons (Fsp3) is 0.188. The molecular weight excluding hydrogens is 331 g/mol. The Morgan fingerprint density at radius 1 is 1.22 bits per heavy atom. The van der Waals surface area contributed by atoms with Crippen molar-refractivity contribution in [2.75, 3.05) is 0 Å². The summed E-state index contributed by atoms with van der Waals surface area (Å²) in [5, 5.41) is 2.77. The molecule has 0 bridgehead atoms. The number of carbonyl (C=O) groups excluding carboxylic acids is 1. The van der Waals surface area contributed by atoms with Crippen LogP contribution < -0.4 is 10.1 Å². The molecule has 122 valence electrons. The van der Waals surface area contributed by atoms with E-state index in [-0.39, 0.29) is 16.3 Å². The van der Waals surface area contributed by atoms with E-state index in [1.54, 1.807) is 13.0 Å². The summed E-state index contributed by atoms with van der Waals surface area (Å²) in [4.78, 5) is 12.1. The van der Waals surface area contributed by atoms with E-state index < -0.39 is 24.4 Å². The van der Waals surface area contributed by atoms with Gasteiger partial charge in [-0.3, -0.25) is 4.79 Å². The van der Waals surface area contributed by atoms with Crippen LogP contribution in [-0.4, -0.2) is 12.5 Å². The quantitative estimate of drug-likeness (QED) is 0.863. The summed E-state index contributed by atoms with van der Waals surface area (Å²) in [6.45, 7) is -1.29. The van der Waals surface area contributed by atoms with Gasteiger partial charge in [-0.15, -0.1) is 0 Å². The van der Waals surface area contributed by atoms with Crippen LogP contribution in [0.15, 0.2) is 42.5 Å². The lowest BCUT2D eigenvalue weighted by Crippen LogP contribution is -2.27. The molecular formula is C16H13ClF3NO2. The van der Waals surface area contributed by atoms with Crippen LogP contribution in [0.2, 0.25) is 5.02 Å². The van der Waals surface area contributed by atoms with Crippen LogP contribution in [-0.2, 0) is 0 Å². The van der Waals surface area contributed by atoms with Gasteiger partial charge in [0, 0.05) is 5.02 Å².